The molecule has 2 N–H and O–H groups in total. The van der Waals surface area contributed by atoms with Crippen molar-refractivity contribution in [3.8, 4) is 12.3 Å². The molecule has 4 heteroatoms. The van der Waals surface area contributed by atoms with Crippen LogP contribution in [0.1, 0.15) is 17.3 Å². The normalized spacial score (nSPS) is 11.4. The predicted octanol–water partition coefficient (Wildman–Crippen LogP) is 0.126. The number of hydrogen-bond acceptors (Lipinski definition) is 2. The fraction of sp³-hybridized carbons (Fsp3) is 0.200. The average molecular weight is 190 g/mol. The van der Waals surface area contributed by atoms with Gasteiger partial charge in [-0.1, -0.05) is 5.92 Å². The molecule has 72 valence electrons. The standard InChI is InChI=1S/C10H10N2O2/c1-3-7(2)12-10(14)8-6-11-5-4-9(8)13/h1,4-7H,2H3,(H,11,13)(H,12,14). The van der Waals surface area contributed by atoms with Gasteiger partial charge >= 0.3 is 0 Å². The maximum Gasteiger partial charge on any atom is 0.257 e. The van der Waals surface area contributed by atoms with Gasteiger partial charge in [0.05, 0.1) is 6.04 Å². The molecule has 0 aliphatic heterocycles. The summed E-state index contributed by atoms with van der Waals surface area (Å²) < 4.78 is 0. The summed E-state index contributed by atoms with van der Waals surface area (Å²) in [5.41, 5.74) is -0.264. The number of rotatable bonds is 2. The zero-order valence-corrected chi connectivity index (χ0v) is 7.70. The lowest BCUT2D eigenvalue weighted by Gasteiger charge is -2.06. The van der Waals surface area contributed by atoms with Crippen LogP contribution in [0.5, 0.6) is 0 Å². The van der Waals surface area contributed by atoms with Crippen molar-refractivity contribution in [2.45, 2.75) is 13.0 Å². The van der Waals surface area contributed by atoms with Gasteiger partial charge < -0.3 is 10.3 Å². The van der Waals surface area contributed by atoms with E-state index in [1.165, 1.54) is 18.5 Å². The van der Waals surface area contributed by atoms with Crippen LogP contribution in [-0.2, 0) is 0 Å². The summed E-state index contributed by atoms with van der Waals surface area (Å²) in [4.78, 5) is 25.3. The maximum absolute atomic E-state index is 11.4. The summed E-state index contributed by atoms with van der Waals surface area (Å²) in [6.45, 7) is 1.66. The van der Waals surface area contributed by atoms with Crippen molar-refractivity contribution in [3.05, 3.63) is 34.2 Å². The van der Waals surface area contributed by atoms with Crippen molar-refractivity contribution in [2.24, 2.45) is 0 Å². The van der Waals surface area contributed by atoms with E-state index in [0.717, 1.165) is 0 Å². The predicted molar refractivity (Wildman–Crippen MR) is 52.8 cm³/mol. The van der Waals surface area contributed by atoms with Crippen LogP contribution in [-0.4, -0.2) is 16.9 Å². The number of hydrogen-bond donors (Lipinski definition) is 2. The first-order valence-electron chi connectivity index (χ1n) is 4.09. The second-order valence-electron chi connectivity index (χ2n) is 2.78. The first-order valence-corrected chi connectivity index (χ1v) is 4.09. The number of terminal acetylenes is 1. The highest BCUT2D eigenvalue weighted by atomic mass is 16.2. The first kappa shape index (κ1) is 10.1. The molecule has 1 amide bonds. The molecule has 1 aromatic heterocycles. The van der Waals surface area contributed by atoms with Crippen LogP contribution in [0.4, 0.5) is 0 Å². The topological polar surface area (TPSA) is 62.0 Å². The molecular formula is C10H10N2O2. The fourth-order valence-electron chi connectivity index (χ4n) is 0.910. The average Bonchev–Trinajstić information content (AvgIpc) is 2.18. The third-order valence-corrected chi connectivity index (χ3v) is 1.67. The number of aromatic amines is 1. The van der Waals surface area contributed by atoms with Gasteiger partial charge in [-0.05, 0) is 6.92 Å². The second-order valence-corrected chi connectivity index (χ2v) is 2.78. The second kappa shape index (κ2) is 4.28. The lowest BCUT2D eigenvalue weighted by Crippen LogP contribution is -2.34. The molecule has 14 heavy (non-hydrogen) atoms. The van der Waals surface area contributed by atoms with Gasteiger partial charge in [-0.15, -0.1) is 6.42 Å². The molecule has 1 atom stereocenters. The van der Waals surface area contributed by atoms with Gasteiger partial charge in [-0.2, -0.15) is 0 Å². The van der Waals surface area contributed by atoms with Crippen LogP contribution in [0.3, 0.4) is 0 Å². The molecule has 0 bridgehead atoms. The van der Waals surface area contributed by atoms with Gasteiger partial charge in [0.2, 0.25) is 0 Å². The van der Waals surface area contributed by atoms with Gasteiger partial charge in [0.25, 0.3) is 5.91 Å². The van der Waals surface area contributed by atoms with Crippen molar-refractivity contribution < 1.29 is 4.79 Å². The summed E-state index contributed by atoms with van der Waals surface area (Å²) in [6, 6.07) is 0.900. The van der Waals surface area contributed by atoms with E-state index in [9.17, 15) is 9.59 Å². The number of H-pyrrole nitrogens is 1. The van der Waals surface area contributed by atoms with Crippen molar-refractivity contribution in [2.75, 3.05) is 0 Å². The molecule has 1 heterocycles. The molecule has 4 nitrogen and oxygen atoms in total. The molecule has 0 saturated heterocycles. The lowest BCUT2D eigenvalue weighted by molar-refractivity contribution is 0.0946. The van der Waals surface area contributed by atoms with Gasteiger partial charge in [-0.3, -0.25) is 9.59 Å². The summed E-state index contributed by atoms with van der Waals surface area (Å²) in [5.74, 6) is 1.88. The Labute approximate surface area is 81.3 Å². The minimum Gasteiger partial charge on any atom is -0.367 e. The molecule has 1 rings (SSSR count). The monoisotopic (exact) mass is 190 g/mol. The first-order chi connectivity index (χ1) is 6.65. The summed E-state index contributed by atoms with van der Waals surface area (Å²) >= 11 is 0. The molecule has 1 unspecified atom stereocenters. The minimum atomic E-state index is -0.461. The number of carbonyl (C=O) groups is 1. The maximum atomic E-state index is 11.4. The molecule has 1 aromatic rings. The van der Waals surface area contributed by atoms with Crippen LogP contribution in [0.15, 0.2) is 23.3 Å². The van der Waals surface area contributed by atoms with E-state index >= 15 is 0 Å². The number of aromatic nitrogens is 1. The summed E-state index contributed by atoms with van der Waals surface area (Å²) in [5, 5.41) is 2.49. The van der Waals surface area contributed by atoms with Crippen molar-refractivity contribution in [1.29, 1.82) is 0 Å². The van der Waals surface area contributed by atoms with E-state index in [1.807, 2.05) is 0 Å². The van der Waals surface area contributed by atoms with Crippen molar-refractivity contribution in [3.63, 3.8) is 0 Å². The van der Waals surface area contributed by atoms with Gasteiger partial charge in [0.15, 0.2) is 5.43 Å². The van der Waals surface area contributed by atoms with E-state index in [0.29, 0.717) is 0 Å². The summed E-state index contributed by atoms with van der Waals surface area (Å²) in [7, 11) is 0. The Bertz CT molecular complexity index is 428. The quantitative estimate of drug-likeness (QED) is 0.651. The number of amides is 1. The van der Waals surface area contributed by atoms with Crippen molar-refractivity contribution in [1.82, 2.24) is 10.3 Å². The molecule has 0 spiro atoms. The Morgan fingerprint density at radius 3 is 3.00 bits per heavy atom. The molecular weight excluding hydrogens is 180 g/mol. The molecule has 0 saturated carbocycles. The number of carbonyl (C=O) groups excluding carboxylic acids is 1. The molecule has 0 fully saturated rings. The van der Waals surface area contributed by atoms with Gasteiger partial charge in [0.1, 0.15) is 5.56 Å². The van der Waals surface area contributed by atoms with E-state index in [4.69, 9.17) is 6.42 Å². The number of pyridine rings is 1. The lowest BCUT2D eigenvalue weighted by atomic mass is 10.2. The Kier molecular flexibility index (Phi) is 3.08. The molecule has 0 radical (unpaired) electrons. The smallest absolute Gasteiger partial charge is 0.257 e. The highest BCUT2D eigenvalue weighted by molar-refractivity contribution is 5.94. The fourth-order valence-corrected chi connectivity index (χ4v) is 0.910. The highest BCUT2D eigenvalue weighted by Crippen LogP contribution is 1.89. The Hall–Kier alpha value is -2.02. The van der Waals surface area contributed by atoms with Crippen LogP contribution in [0, 0.1) is 12.3 Å². The molecule has 0 aromatic carbocycles. The SMILES string of the molecule is C#CC(C)NC(=O)c1c[nH]ccc1=O. The van der Waals surface area contributed by atoms with E-state index < -0.39 is 5.91 Å². The van der Waals surface area contributed by atoms with Gasteiger partial charge in [-0.25, -0.2) is 0 Å². The zero-order valence-electron chi connectivity index (χ0n) is 7.70. The van der Waals surface area contributed by atoms with Crippen LogP contribution >= 0.6 is 0 Å². The third-order valence-electron chi connectivity index (χ3n) is 1.67. The van der Waals surface area contributed by atoms with Crippen LogP contribution < -0.4 is 10.7 Å². The van der Waals surface area contributed by atoms with Crippen LogP contribution in [0.2, 0.25) is 0 Å². The van der Waals surface area contributed by atoms with Gasteiger partial charge in [0, 0.05) is 18.5 Å². The number of nitrogens with one attached hydrogen (secondary N) is 2. The third kappa shape index (κ3) is 2.23. The zero-order chi connectivity index (χ0) is 10.6. The van der Waals surface area contributed by atoms with Crippen LogP contribution in [0.25, 0.3) is 0 Å². The Morgan fingerprint density at radius 2 is 2.43 bits per heavy atom. The molecule has 0 aliphatic carbocycles. The minimum absolute atomic E-state index is 0.0644. The summed E-state index contributed by atoms with van der Waals surface area (Å²) in [6.07, 6.45) is 7.90. The van der Waals surface area contributed by atoms with E-state index in [1.54, 1.807) is 6.92 Å². The van der Waals surface area contributed by atoms with E-state index in [2.05, 4.69) is 16.2 Å². The largest absolute Gasteiger partial charge is 0.367 e. The highest BCUT2D eigenvalue weighted by Gasteiger charge is 2.10. The molecule has 0 aliphatic rings. The Balaban J connectivity index is 2.87. The Morgan fingerprint density at radius 1 is 1.71 bits per heavy atom. The van der Waals surface area contributed by atoms with E-state index in [-0.39, 0.29) is 17.0 Å². The van der Waals surface area contributed by atoms with Crippen molar-refractivity contribution >= 4 is 5.91 Å².